The van der Waals surface area contributed by atoms with Gasteiger partial charge in [0.05, 0.1) is 30.0 Å². The zero-order chi connectivity index (χ0) is 25.5. The van der Waals surface area contributed by atoms with Gasteiger partial charge in [0.25, 0.3) is 11.8 Å². The highest BCUT2D eigenvalue weighted by Crippen LogP contribution is 2.28. The third-order valence-electron chi connectivity index (χ3n) is 5.64. The van der Waals surface area contributed by atoms with Gasteiger partial charge in [0.15, 0.2) is 23.8 Å². The summed E-state index contributed by atoms with van der Waals surface area (Å²) in [5, 5.41) is 10.8. The number of rotatable bonds is 10. The molecule has 0 fully saturated rings. The average molecular weight is 488 g/mol. The van der Waals surface area contributed by atoms with Crippen LogP contribution < -0.4 is 20.1 Å². The first-order valence-electron chi connectivity index (χ1n) is 11.8. The van der Waals surface area contributed by atoms with Crippen LogP contribution in [-0.4, -0.2) is 46.8 Å². The van der Waals surface area contributed by atoms with Crippen LogP contribution >= 0.6 is 0 Å². The van der Waals surface area contributed by atoms with Crippen LogP contribution in [0.15, 0.2) is 60.8 Å². The van der Waals surface area contributed by atoms with Crippen LogP contribution in [0.1, 0.15) is 29.8 Å². The zero-order valence-corrected chi connectivity index (χ0v) is 20.6. The molecule has 2 aromatic heterocycles. The minimum atomic E-state index is -0.231. The van der Waals surface area contributed by atoms with Crippen LogP contribution in [0.25, 0.3) is 22.3 Å². The van der Waals surface area contributed by atoms with Crippen LogP contribution in [-0.2, 0) is 17.9 Å². The van der Waals surface area contributed by atoms with Gasteiger partial charge in [-0.2, -0.15) is 5.10 Å². The molecule has 9 heteroatoms. The number of pyridine rings is 1. The molecular weight excluding hydrogens is 458 g/mol. The maximum Gasteiger partial charge on any atom is 0.257 e. The number of nitrogens with one attached hydrogen (secondary N) is 2. The molecule has 0 bridgehead atoms. The number of carbonyl (C=O) groups excluding carboxylic acids is 2. The van der Waals surface area contributed by atoms with E-state index in [-0.39, 0.29) is 25.0 Å². The number of fused-ring (bicyclic) bond motifs is 1. The number of likely N-dealkylation sites (N-methyl/N-ethyl adjacent to an activating group) is 1. The van der Waals surface area contributed by atoms with E-state index in [1.165, 1.54) is 7.11 Å². The van der Waals surface area contributed by atoms with Crippen molar-refractivity contribution in [1.29, 1.82) is 0 Å². The lowest BCUT2D eigenvalue weighted by Gasteiger charge is -2.13. The highest BCUT2D eigenvalue weighted by atomic mass is 16.5. The Morgan fingerprint density at radius 3 is 2.53 bits per heavy atom. The number of hydrogen-bond donors (Lipinski definition) is 2. The summed E-state index contributed by atoms with van der Waals surface area (Å²) in [4.78, 5) is 29.8. The number of aryl methyl sites for hydroxylation is 1. The third kappa shape index (κ3) is 5.46. The van der Waals surface area contributed by atoms with Crippen molar-refractivity contribution in [1.82, 2.24) is 25.4 Å². The lowest BCUT2D eigenvalue weighted by atomic mass is 10.1. The van der Waals surface area contributed by atoms with Crippen molar-refractivity contribution in [2.24, 2.45) is 0 Å². The van der Waals surface area contributed by atoms with Crippen LogP contribution in [0, 0.1) is 0 Å². The molecule has 0 aliphatic rings. The minimum absolute atomic E-state index is 0.104. The second-order valence-electron chi connectivity index (χ2n) is 8.03. The fourth-order valence-corrected chi connectivity index (χ4v) is 3.83. The number of nitrogens with zero attached hydrogens (tertiary/aromatic N) is 3. The SMILES string of the molecule is CCNC(=O)COc1ccc(CNC(=O)c2cc(-c3ccccc3)nc3c2cnn3CC)cc1OC. The van der Waals surface area contributed by atoms with Crippen molar-refractivity contribution in [2.75, 3.05) is 20.3 Å². The highest BCUT2D eigenvalue weighted by Gasteiger charge is 2.17. The first-order valence-corrected chi connectivity index (χ1v) is 11.8. The van der Waals surface area contributed by atoms with E-state index in [9.17, 15) is 9.59 Å². The molecule has 4 aromatic rings. The third-order valence-corrected chi connectivity index (χ3v) is 5.64. The first-order chi connectivity index (χ1) is 17.5. The summed E-state index contributed by atoms with van der Waals surface area (Å²) in [6.45, 7) is 5.18. The maximum atomic E-state index is 13.3. The van der Waals surface area contributed by atoms with E-state index in [2.05, 4.69) is 15.7 Å². The normalized spacial score (nSPS) is 10.8. The monoisotopic (exact) mass is 487 g/mol. The summed E-state index contributed by atoms with van der Waals surface area (Å²) in [5.74, 6) is 0.494. The summed E-state index contributed by atoms with van der Waals surface area (Å²) in [7, 11) is 1.53. The molecule has 0 unspecified atom stereocenters. The predicted molar refractivity (Wildman–Crippen MR) is 137 cm³/mol. The summed E-state index contributed by atoms with van der Waals surface area (Å²) >= 11 is 0. The molecule has 36 heavy (non-hydrogen) atoms. The van der Waals surface area contributed by atoms with Crippen LogP contribution in [0.3, 0.4) is 0 Å². The fraction of sp³-hybridized carbons (Fsp3) is 0.259. The standard InChI is InChI=1S/C27H29N5O4/c1-4-28-25(33)17-36-23-12-11-18(13-24(23)35-3)15-29-27(34)20-14-22(19-9-7-6-8-10-19)31-26-21(20)16-30-32(26)5-2/h6-14,16H,4-5,15,17H2,1-3H3,(H,28,33)(H,29,34). The van der Waals surface area contributed by atoms with E-state index < -0.39 is 0 Å². The van der Waals surface area contributed by atoms with Gasteiger partial charge in [-0.05, 0) is 37.6 Å². The Bertz CT molecular complexity index is 1370. The van der Waals surface area contributed by atoms with Gasteiger partial charge in [-0.3, -0.25) is 9.59 Å². The van der Waals surface area contributed by atoms with E-state index in [1.54, 1.807) is 29.1 Å². The number of methoxy groups -OCH3 is 1. The maximum absolute atomic E-state index is 13.3. The van der Waals surface area contributed by atoms with Gasteiger partial charge in [-0.1, -0.05) is 36.4 Å². The van der Waals surface area contributed by atoms with Crippen LogP contribution in [0.4, 0.5) is 0 Å². The van der Waals surface area contributed by atoms with Gasteiger partial charge in [-0.15, -0.1) is 0 Å². The molecule has 2 N–H and O–H groups in total. The highest BCUT2D eigenvalue weighted by molar-refractivity contribution is 6.06. The number of benzene rings is 2. The van der Waals surface area contributed by atoms with E-state index in [0.29, 0.717) is 46.9 Å². The number of aromatic nitrogens is 3. The molecular formula is C27H29N5O4. The summed E-state index contributed by atoms with van der Waals surface area (Å²) in [5.41, 5.74) is 3.62. The summed E-state index contributed by atoms with van der Waals surface area (Å²) in [6.07, 6.45) is 1.68. The molecule has 0 spiro atoms. The molecule has 0 saturated heterocycles. The molecule has 0 aliphatic carbocycles. The Kier molecular flexibility index (Phi) is 7.79. The number of carbonyl (C=O) groups is 2. The quantitative estimate of drug-likeness (QED) is 0.354. The van der Waals surface area contributed by atoms with E-state index >= 15 is 0 Å². The predicted octanol–water partition coefficient (Wildman–Crippen LogP) is 3.57. The largest absolute Gasteiger partial charge is 0.493 e. The Morgan fingerprint density at radius 2 is 1.81 bits per heavy atom. The number of ether oxygens (including phenoxy) is 2. The van der Waals surface area contributed by atoms with Gasteiger partial charge in [0, 0.05) is 25.2 Å². The van der Waals surface area contributed by atoms with Crippen molar-refractivity contribution in [3.05, 3.63) is 71.9 Å². The van der Waals surface area contributed by atoms with Crippen molar-refractivity contribution in [3.8, 4) is 22.8 Å². The van der Waals surface area contributed by atoms with Gasteiger partial charge in [0.1, 0.15) is 0 Å². The van der Waals surface area contributed by atoms with E-state index in [0.717, 1.165) is 11.1 Å². The number of hydrogen-bond acceptors (Lipinski definition) is 6. The van der Waals surface area contributed by atoms with Gasteiger partial charge in [0.2, 0.25) is 0 Å². The summed E-state index contributed by atoms with van der Waals surface area (Å²) < 4.78 is 12.8. The van der Waals surface area contributed by atoms with Crippen LogP contribution in [0.5, 0.6) is 11.5 Å². The molecule has 2 amide bonds. The second kappa shape index (κ2) is 11.4. The Hall–Kier alpha value is -4.40. The summed E-state index contributed by atoms with van der Waals surface area (Å²) in [6, 6.07) is 16.9. The van der Waals surface area contributed by atoms with Crippen molar-refractivity contribution >= 4 is 22.8 Å². The molecule has 2 aromatic carbocycles. The average Bonchev–Trinajstić information content (AvgIpc) is 3.34. The van der Waals surface area contributed by atoms with Gasteiger partial charge in [-0.25, -0.2) is 9.67 Å². The Labute approximate surface area is 209 Å². The molecule has 0 radical (unpaired) electrons. The molecule has 186 valence electrons. The smallest absolute Gasteiger partial charge is 0.257 e. The molecule has 9 nitrogen and oxygen atoms in total. The zero-order valence-electron chi connectivity index (χ0n) is 20.6. The number of amides is 2. The molecule has 0 atom stereocenters. The lowest BCUT2D eigenvalue weighted by molar-refractivity contribution is -0.123. The molecule has 0 aliphatic heterocycles. The fourth-order valence-electron chi connectivity index (χ4n) is 3.83. The molecule has 2 heterocycles. The van der Waals surface area contributed by atoms with E-state index in [1.807, 2.05) is 50.2 Å². The lowest BCUT2D eigenvalue weighted by Crippen LogP contribution is -2.28. The first kappa shape index (κ1) is 24.7. The Balaban J connectivity index is 1.54. The van der Waals surface area contributed by atoms with Crippen molar-refractivity contribution < 1.29 is 19.1 Å². The topological polar surface area (TPSA) is 107 Å². The van der Waals surface area contributed by atoms with Crippen LogP contribution in [0.2, 0.25) is 0 Å². The molecule has 0 saturated carbocycles. The van der Waals surface area contributed by atoms with Gasteiger partial charge < -0.3 is 20.1 Å². The van der Waals surface area contributed by atoms with Gasteiger partial charge >= 0.3 is 0 Å². The Morgan fingerprint density at radius 1 is 1.00 bits per heavy atom. The molecule has 4 rings (SSSR count). The minimum Gasteiger partial charge on any atom is -0.493 e. The van der Waals surface area contributed by atoms with Crippen molar-refractivity contribution in [3.63, 3.8) is 0 Å². The van der Waals surface area contributed by atoms with E-state index in [4.69, 9.17) is 14.5 Å². The van der Waals surface area contributed by atoms with Crippen molar-refractivity contribution in [2.45, 2.75) is 26.9 Å². The second-order valence-corrected chi connectivity index (χ2v) is 8.03.